The second kappa shape index (κ2) is 8.44. The maximum absolute atomic E-state index is 12.2. The van der Waals surface area contributed by atoms with Crippen LogP contribution in [0.4, 0.5) is 11.4 Å². The van der Waals surface area contributed by atoms with Gasteiger partial charge >= 0.3 is 0 Å². The molecule has 0 saturated heterocycles. The lowest BCUT2D eigenvalue weighted by Gasteiger charge is -2.11. The molecule has 0 spiro atoms. The lowest BCUT2D eigenvalue weighted by molar-refractivity contribution is -0.116. The summed E-state index contributed by atoms with van der Waals surface area (Å²) < 4.78 is 25.3. The molecule has 8 nitrogen and oxygen atoms in total. The molecule has 0 aliphatic carbocycles. The molecule has 0 aliphatic heterocycles. The third-order valence-electron chi connectivity index (χ3n) is 4.30. The highest BCUT2D eigenvalue weighted by Crippen LogP contribution is 2.21. The molecule has 0 unspecified atom stereocenters. The van der Waals surface area contributed by atoms with Crippen molar-refractivity contribution in [1.82, 2.24) is 9.97 Å². The number of nitrogens with zero attached hydrogens (tertiary/aromatic N) is 1. The van der Waals surface area contributed by atoms with Crippen LogP contribution < -0.4 is 15.6 Å². The molecular weight excluding hydrogens is 392 g/mol. The number of hydrogen-bond acceptors (Lipinski definition) is 5. The maximum atomic E-state index is 12.2. The standard InChI is InChI=1S/C20H22N4O4S/c1-13-10-11-14(12-17(13)24-29(2,27)28)21-19(25)9-5-8-18-22-16-7-4-3-6-15(16)20(26)23-18/h3-4,6-7,10-12,24H,5,8-9H2,1-2H3,(H,21,25)(H,22,23,26). The van der Waals surface area contributed by atoms with Gasteiger partial charge in [0.1, 0.15) is 5.82 Å². The van der Waals surface area contributed by atoms with E-state index in [-0.39, 0.29) is 17.9 Å². The SMILES string of the molecule is Cc1ccc(NC(=O)CCCc2nc3ccccc3c(=O)[nH]2)cc1NS(C)(=O)=O. The van der Waals surface area contributed by atoms with Gasteiger partial charge in [0, 0.05) is 18.5 Å². The van der Waals surface area contributed by atoms with Crippen molar-refractivity contribution < 1.29 is 13.2 Å². The molecule has 2 aromatic carbocycles. The lowest BCUT2D eigenvalue weighted by Crippen LogP contribution is -2.15. The molecule has 0 radical (unpaired) electrons. The second-order valence-corrected chi connectivity index (χ2v) is 8.58. The van der Waals surface area contributed by atoms with Gasteiger partial charge in [-0.2, -0.15) is 0 Å². The Kier molecular flexibility index (Phi) is 5.97. The molecule has 3 N–H and O–H groups in total. The van der Waals surface area contributed by atoms with Crippen molar-refractivity contribution in [3.8, 4) is 0 Å². The van der Waals surface area contributed by atoms with Gasteiger partial charge < -0.3 is 10.3 Å². The number of nitrogens with one attached hydrogen (secondary N) is 3. The van der Waals surface area contributed by atoms with E-state index in [1.807, 2.05) is 6.07 Å². The number of fused-ring (bicyclic) bond motifs is 1. The molecule has 1 amide bonds. The summed E-state index contributed by atoms with van der Waals surface area (Å²) in [5, 5.41) is 3.29. The zero-order valence-electron chi connectivity index (χ0n) is 16.2. The van der Waals surface area contributed by atoms with Crippen molar-refractivity contribution >= 4 is 38.2 Å². The van der Waals surface area contributed by atoms with Gasteiger partial charge in [0.2, 0.25) is 15.9 Å². The van der Waals surface area contributed by atoms with Gasteiger partial charge in [-0.25, -0.2) is 13.4 Å². The van der Waals surface area contributed by atoms with E-state index in [1.165, 1.54) is 0 Å². The highest BCUT2D eigenvalue weighted by Gasteiger charge is 2.09. The largest absolute Gasteiger partial charge is 0.326 e. The van der Waals surface area contributed by atoms with Crippen molar-refractivity contribution in [3.63, 3.8) is 0 Å². The van der Waals surface area contributed by atoms with E-state index in [9.17, 15) is 18.0 Å². The zero-order valence-corrected chi connectivity index (χ0v) is 17.0. The molecule has 0 fully saturated rings. The number of aromatic amines is 1. The van der Waals surface area contributed by atoms with Crippen LogP contribution in [-0.4, -0.2) is 30.5 Å². The Morgan fingerprint density at radius 2 is 1.93 bits per heavy atom. The zero-order chi connectivity index (χ0) is 21.0. The van der Waals surface area contributed by atoms with E-state index in [0.717, 1.165) is 11.8 Å². The van der Waals surface area contributed by atoms with Crippen LogP contribution in [-0.2, 0) is 21.2 Å². The van der Waals surface area contributed by atoms with Crippen molar-refractivity contribution in [2.75, 3.05) is 16.3 Å². The van der Waals surface area contributed by atoms with Gasteiger partial charge in [-0.05, 0) is 43.2 Å². The van der Waals surface area contributed by atoms with Gasteiger partial charge in [0.15, 0.2) is 0 Å². The molecule has 3 aromatic rings. The summed E-state index contributed by atoms with van der Waals surface area (Å²) in [5.74, 6) is 0.332. The number of aryl methyl sites for hydroxylation is 2. The number of H-pyrrole nitrogens is 1. The van der Waals surface area contributed by atoms with E-state index in [4.69, 9.17) is 0 Å². The Balaban J connectivity index is 1.59. The van der Waals surface area contributed by atoms with Crippen LogP contribution in [0.5, 0.6) is 0 Å². The van der Waals surface area contributed by atoms with Crippen molar-refractivity contribution in [2.45, 2.75) is 26.2 Å². The second-order valence-electron chi connectivity index (χ2n) is 6.84. The number of benzene rings is 2. The third-order valence-corrected chi connectivity index (χ3v) is 4.89. The smallest absolute Gasteiger partial charge is 0.258 e. The first-order chi connectivity index (χ1) is 13.7. The number of carbonyl (C=O) groups excluding carboxylic acids is 1. The van der Waals surface area contributed by atoms with Gasteiger partial charge in [-0.1, -0.05) is 18.2 Å². The molecule has 1 aromatic heterocycles. The summed E-state index contributed by atoms with van der Waals surface area (Å²) >= 11 is 0. The highest BCUT2D eigenvalue weighted by molar-refractivity contribution is 7.92. The number of carbonyl (C=O) groups is 1. The van der Waals surface area contributed by atoms with Crippen molar-refractivity contribution in [3.05, 3.63) is 64.2 Å². The van der Waals surface area contributed by atoms with Crippen LogP contribution in [0.2, 0.25) is 0 Å². The summed E-state index contributed by atoms with van der Waals surface area (Å²) in [6.07, 6.45) is 2.28. The molecule has 0 saturated carbocycles. The van der Waals surface area contributed by atoms with E-state index < -0.39 is 10.0 Å². The van der Waals surface area contributed by atoms with E-state index in [0.29, 0.717) is 40.9 Å². The quantitative estimate of drug-likeness (QED) is 0.549. The molecule has 29 heavy (non-hydrogen) atoms. The maximum Gasteiger partial charge on any atom is 0.258 e. The average molecular weight is 414 g/mol. The predicted octanol–water partition coefficient (Wildman–Crippen LogP) is 2.56. The molecule has 9 heteroatoms. The topological polar surface area (TPSA) is 121 Å². The van der Waals surface area contributed by atoms with Gasteiger partial charge in [0.05, 0.1) is 22.8 Å². The summed E-state index contributed by atoms with van der Waals surface area (Å²) in [6, 6.07) is 12.1. The van der Waals surface area contributed by atoms with Crippen LogP contribution in [0.1, 0.15) is 24.2 Å². The van der Waals surface area contributed by atoms with Crippen LogP contribution >= 0.6 is 0 Å². The monoisotopic (exact) mass is 414 g/mol. The number of aromatic nitrogens is 2. The fourth-order valence-electron chi connectivity index (χ4n) is 2.90. The first-order valence-electron chi connectivity index (χ1n) is 9.07. The predicted molar refractivity (Wildman–Crippen MR) is 114 cm³/mol. The van der Waals surface area contributed by atoms with Crippen LogP contribution in [0, 0.1) is 6.92 Å². The van der Waals surface area contributed by atoms with Gasteiger partial charge in [-0.15, -0.1) is 0 Å². The van der Waals surface area contributed by atoms with Crippen molar-refractivity contribution in [2.24, 2.45) is 0 Å². The number of amides is 1. The molecule has 0 aliphatic rings. The van der Waals surface area contributed by atoms with Crippen LogP contribution in [0.25, 0.3) is 10.9 Å². The third kappa shape index (κ3) is 5.64. The molecular formula is C20H22N4O4S. The average Bonchev–Trinajstić information content (AvgIpc) is 2.63. The Hall–Kier alpha value is -3.20. The van der Waals surface area contributed by atoms with Gasteiger partial charge in [-0.3, -0.25) is 14.3 Å². The minimum Gasteiger partial charge on any atom is -0.326 e. The lowest BCUT2D eigenvalue weighted by atomic mass is 10.1. The summed E-state index contributed by atoms with van der Waals surface area (Å²) in [4.78, 5) is 31.5. The fourth-order valence-corrected chi connectivity index (χ4v) is 3.52. The van der Waals surface area contributed by atoms with Crippen LogP contribution in [0.15, 0.2) is 47.3 Å². The van der Waals surface area contributed by atoms with E-state index in [2.05, 4.69) is 20.0 Å². The number of anilines is 2. The van der Waals surface area contributed by atoms with Crippen molar-refractivity contribution in [1.29, 1.82) is 0 Å². The normalized spacial score (nSPS) is 11.4. The first-order valence-corrected chi connectivity index (χ1v) is 11.0. The summed E-state index contributed by atoms with van der Waals surface area (Å²) in [6.45, 7) is 1.77. The highest BCUT2D eigenvalue weighted by atomic mass is 32.2. The molecule has 0 bridgehead atoms. The summed E-state index contributed by atoms with van der Waals surface area (Å²) in [5.41, 5.74) is 2.11. The number of sulfonamides is 1. The molecule has 1 heterocycles. The van der Waals surface area contributed by atoms with Crippen LogP contribution in [0.3, 0.4) is 0 Å². The van der Waals surface area contributed by atoms with E-state index in [1.54, 1.807) is 43.3 Å². The summed E-state index contributed by atoms with van der Waals surface area (Å²) in [7, 11) is -3.41. The number of rotatable bonds is 7. The number of hydrogen-bond donors (Lipinski definition) is 3. The molecule has 152 valence electrons. The fraction of sp³-hybridized carbons (Fsp3) is 0.250. The number of para-hydroxylation sites is 1. The Bertz CT molecular complexity index is 1220. The minimum atomic E-state index is -3.41. The molecule has 0 atom stereocenters. The van der Waals surface area contributed by atoms with Gasteiger partial charge in [0.25, 0.3) is 5.56 Å². The Morgan fingerprint density at radius 1 is 1.17 bits per heavy atom. The molecule has 3 rings (SSSR count). The Labute approximate surface area is 168 Å². The first kappa shape index (κ1) is 20.5. The van der Waals surface area contributed by atoms with E-state index >= 15 is 0 Å². The minimum absolute atomic E-state index is 0.194. The Morgan fingerprint density at radius 3 is 2.69 bits per heavy atom.